The van der Waals surface area contributed by atoms with E-state index in [4.69, 9.17) is 4.74 Å². The van der Waals surface area contributed by atoms with Crippen LogP contribution in [-0.2, 0) is 28.7 Å². The van der Waals surface area contributed by atoms with Crippen molar-refractivity contribution in [2.75, 3.05) is 13.3 Å². The van der Waals surface area contributed by atoms with Gasteiger partial charge in [-0.05, 0) is 36.1 Å². The normalized spacial score (nSPS) is 14.2. The minimum atomic E-state index is -0.953. The molecule has 2 aromatic carbocycles. The fraction of sp³-hybridized carbons (Fsp3) is 0.393. The molecule has 38 heavy (non-hydrogen) atoms. The predicted octanol–water partition coefficient (Wildman–Crippen LogP) is 2.65. The van der Waals surface area contributed by atoms with Gasteiger partial charge in [0.25, 0.3) is 0 Å². The summed E-state index contributed by atoms with van der Waals surface area (Å²) in [6.45, 7) is 5.59. The van der Waals surface area contributed by atoms with Crippen molar-refractivity contribution in [1.82, 2.24) is 16.0 Å². The van der Waals surface area contributed by atoms with Crippen molar-refractivity contribution in [1.29, 1.82) is 0 Å². The van der Waals surface area contributed by atoms with Gasteiger partial charge in [-0.15, -0.1) is 0 Å². The van der Waals surface area contributed by atoms with Gasteiger partial charge >= 0.3 is 12.1 Å². The van der Waals surface area contributed by atoms with Gasteiger partial charge in [-0.2, -0.15) is 0 Å². The summed E-state index contributed by atoms with van der Waals surface area (Å²) in [5, 5.41) is 7.45. The maximum atomic E-state index is 12.5. The molecule has 0 fully saturated rings. The van der Waals surface area contributed by atoms with Crippen LogP contribution in [0.25, 0.3) is 11.1 Å². The molecule has 3 atom stereocenters. The van der Waals surface area contributed by atoms with Crippen LogP contribution in [0.2, 0.25) is 0 Å². The number of fused-ring (bicyclic) bond motifs is 3. The third-order valence-corrected chi connectivity index (χ3v) is 6.39. The molecule has 3 amide bonds. The van der Waals surface area contributed by atoms with Crippen LogP contribution in [0.3, 0.4) is 0 Å². The molecule has 10 heteroatoms. The number of carbonyl (C=O) groups excluding carboxylic acids is 5. The minimum absolute atomic E-state index is 0.108. The predicted molar refractivity (Wildman–Crippen MR) is 139 cm³/mol. The fourth-order valence-electron chi connectivity index (χ4n) is 4.26. The Labute approximate surface area is 221 Å². The summed E-state index contributed by atoms with van der Waals surface area (Å²) in [6, 6.07) is 14.1. The van der Waals surface area contributed by atoms with E-state index in [0.29, 0.717) is 0 Å². The van der Waals surface area contributed by atoms with Crippen molar-refractivity contribution in [3.05, 3.63) is 59.7 Å². The van der Waals surface area contributed by atoms with Crippen molar-refractivity contribution in [3.8, 4) is 11.1 Å². The van der Waals surface area contributed by atoms with Gasteiger partial charge in [-0.3, -0.25) is 19.2 Å². The molecule has 0 radical (unpaired) electrons. The molecule has 0 bridgehead atoms. The molecule has 0 saturated heterocycles. The number of ketones is 1. The Bertz CT molecular complexity index is 1170. The summed E-state index contributed by atoms with van der Waals surface area (Å²) in [7, 11) is 0. The highest BCUT2D eigenvalue weighted by Gasteiger charge is 2.30. The molecule has 10 nitrogen and oxygen atoms in total. The van der Waals surface area contributed by atoms with Crippen molar-refractivity contribution in [2.45, 2.75) is 52.1 Å². The van der Waals surface area contributed by atoms with E-state index in [1.807, 2.05) is 48.5 Å². The largest absolute Gasteiger partial charge is 0.449 e. The molecule has 3 rings (SSSR count). The lowest BCUT2D eigenvalue weighted by Gasteiger charge is -2.20. The molecular weight excluding hydrogens is 490 g/mol. The number of nitrogens with one attached hydrogen (secondary N) is 3. The molecule has 0 unspecified atom stereocenters. The quantitative estimate of drug-likeness (QED) is 0.304. The minimum Gasteiger partial charge on any atom is -0.449 e. The number of Topliss-reactive ketones (excluding diaryl/α,β-unsaturated/α-hetero) is 1. The number of amides is 3. The molecule has 202 valence electrons. The number of esters is 1. The lowest BCUT2D eigenvalue weighted by Crippen LogP contribution is -2.50. The molecule has 0 aliphatic heterocycles. The maximum Gasteiger partial charge on any atom is 0.407 e. The fourth-order valence-corrected chi connectivity index (χ4v) is 4.26. The van der Waals surface area contributed by atoms with Crippen LogP contribution in [0.5, 0.6) is 0 Å². The van der Waals surface area contributed by atoms with Gasteiger partial charge < -0.3 is 25.4 Å². The third-order valence-electron chi connectivity index (χ3n) is 6.39. The Morgan fingerprint density at radius 2 is 1.37 bits per heavy atom. The molecule has 3 N–H and O–H groups in total. The van der Waals surface area contributed by atoms with Crippen molar-refractivity contribution in [3.63, 3.8) is 0 Å². The molecule has 0 aromatic heterocycles. The second-order valence-electron chi connectivity index (χ2n) is 9.31. The highest BCUT2D eigenvalue weighted by molar-refractivity contribution is 5.93. The standard InChI is InChI=1S/C28H33N3O7/c1-16(26(34)29-15-38-19(4)32)13-25(33)17(2)30-27(35)18(3)31-28(36)37-14-24-22-11-7-5-9-20(22)21-10-6-8-12-23(21)24/h5-12,16-18,24H,13-15H2,1-4H3,(H,29,34)(H,30,35)(H,31,36)/t16-,17-,18+/m1/s1. The topological polar surface area (TPSA) is 140 Å². The van der Waals surface area contributed by atoms with E-state index >= 15 is 0 Å². The summed E-state index contributed by atoms with van der Waals surface area (Å²) in [4.78, 5) is 60.3. The monoisotopic (exact) mass is 523 g/mol. The average Bonchev–Trinajstić information content (AvgIpc) is 3.20. The Kier molecular flexibility index (Phi) is 9.59. The van der Waals surface area contributed by atoms with Gasteiger partial charge in [0.1, 0.15) is 12.6 Å². The van der Waals surface area contributed by atoms with Gasteiger partial charge in [-0.25, -0.2) is 4.79 Å². The Balaban J connectivity index is 1.45. The average molecular weight is 524 g/mol. The molecule has 0 spiro atoms. The maximum absolute atomic E-state index is 12.5. The van der Waals surface area contributed by atoms with Crippen LogP contribution in [0, 0.1) is 5.92 Å². The highest BCUT2D eigenvalue weighted by atomic mass is 16.5. The van der Waals surface area contributed by atoms with E-state index in [1.165, 1.54) is 20.8 Å². The summed E-state index contributed by atoms with van der Waals surface area (Å²) in [6.07, 6.45) is -0.867. The smallest absolute Gasteiger partial charge is 0.407 e. The molecule has 1 aliphatic carbocycles. The summed E-state index contributed by atoms with van der Waals surface area (Å²) in [5.74, 6) is -2.71. The van der Waals surface area contributed by atoms with E-state index in [-0.39, 0.29) is 31.5 Å². The van der Waals surface area contributed by atoms with Crippen LogP contribution < -0.4 is 16.0 Å². The first-order valence-corrected chi connectivity index (χ1v) is 12.4. The summed E-state index contributed by atoms with van der Waals surface area (Å²) >= 11 is 0. The number of alkyl carbamates (subject to hydrolysis) is 1. The van der Waals surface area contributed by atoms with Gasteiger partial charge in [0, 0.05) is 25.2 Å². The summed E-state index contributed by atoms with van der Waals surface area (Å²) < 4.78 is 10.1. The van der Waals surface area contributed by atoms with Gasteiger partial charge in [0.05, 0.1) is 6.04 Å². The van der Waals surface area contributed by atoms with E-state index < -0.39 is 41.9 Å². The number of benzene rings is 2. The first-order valence-electron chi connectivity index (χ1n) is 12.4. The van der Waals surface area contributed by atoms with E-state index in [2.05, 4.69) is 20.7 Å². The second-order valence-corrected chi connectivity index (χ2v) is 9.31. The lowest BCUT2D eigenvalue weighted by molar-refractivity contribution is -0.143. The first-order chi connectivity index (χ1) is 18.1. The van der Waals surface area contributed by atoms with Crippen LogP contribution in [-0.4, -0.2) is 55.1 Å². The summed E-state index contributed by atoms with van der Waals surface area (Å²) in [5.41, 5.74) is 4.38. The number of rotatable bonds is 11. The van der Waals surface area contributed by atoms with E-state index in [0.717, 1.165) is 22.3 Å². The van der Waals surface area contributed by atoms with Crippen molar-refractivity contribution < 1.29 is 33.4 Å². The van der Waals surface area contributed by atoms with Crippen LogP contribution in [0.15, 0.2) is 48.5 Å². The van der Waals surface area contributed by atoms with Gasteiger partial charge in [-0.1, -0.05) is 55.5 Å². The number of ether oxygens (including phenoxy) is 2. The van der Waals surface area contributed by atoms with Crippen LogP contribution >= 0.6 is 0 Å². The van der Waals surface area contributed by atoms with E-state index in [1.54, 1.807) is 6.92 Å². The molecule has 0 saturated carbocycles. The zero-order valence-electron chi connectivity index (χ0n) is 21.9. The number of hydrogen-bond acceptors (Lipinski definition) is 7. The van der Waals surface area contributed by atoms with Crippen molar-refractivity contribution >= 4 is 29.7 Å². The molecule has 2 aromatic rings. The van der Waals surface area contributed by atoms with Crippen LogP contribution in [0.1, 0.15) is 51.2 Å². The van der Waals surface area contributed by atoms with Crippen LogP contribution in [0.4, 0.5) is 4.79 Å². The van der Waals surface area contributed by atoms with Gasteiger partial charge in [0.2, 0.25) is 11.8 Å². The van der Waals surface area contributed by atoms with Crippen molar-refractivity contribution in [2.24, 2.45) is 5.92 Å². The molecule has 0 heterocycles. The number of carbonyl (C=O) groups is 5. The zero-order chi connectivity index (χ0) is 27.8. The SMILES string of the molecule is CC(=O)OCNC(=O)[C@H](C)CC(=O)[C@@H](C)NC(=O)[C@H](C)NC(=O)OCC1c2ccccc2-c2ccccc21. The Morgan fingerprint density at radius 1 is 0.789 bits per heavy atom. The third kappa shape index (κ3) is 7.18. The number of hydrogen-bond donors (Lipinski definition) is 3. The molecular formula is C28H33N3O7. The lowest BCUT2D eigenvalue weighted by atomic mass is 9.98. The van der Waals surface area contributed by atoms with E-state index in [9.17, 15) is 24.0 Å². The molecule has 1 aliphatic rings. The van der Waals surface area contributed by atoms with Gasteiger partial charge in [0.15, 0.2) is 12.5 Å². The zero-order valence-corrected chi connectivity index (χ0v) is 21.9. The second kappa shape index (κ2) is 12.8. The Morgan fingerprint density at radius 3 is 1.95 bits per heavy atom. The Hall–Kier alpha value is -4.21. The highest BCUT2D eigenvalue weighted by Crippen LogP contribution is 2.44. The first kappa shape index (κ1) is 28.4.